The third kappa shape index (κ3) is 10.1. The highest BCUT2D eigenvalue weighted by molar-refractivity contribution is 6.77. The van der Waals surface area contributed by atoms with Crippen molar-refractivity contribution in [3.05, 3.63) is 0 Å². The first-order valence-electron chi connectivity index (χ1n) is 9.54. The van der Waals surface area contributed by atoms with Crippen LogP contribution >= 0.6 is 0 Å². The molecule has 0 aromatic heterocycles. The fourth-order valence-electron chi connectivity index (χ4n) is 2.65. The van der Waals surface area contributed by atoms with Gasteiger partial charge in [-0.25, -0.2) is 0 Å². The van der Waals surface area contributed by atoms with E-state index in [1.807, 2.05) is 0 Å². The molecule has 0 heterocycles. The molecule has 0 aliphatic rings. The summed E-state index contributed by atoms with van der Waals surface area (Å²) >= 11 is 0. The van der Waals surface area contributed by atoms with Crippen molar-refractivity contribution < 1.29 is 19.4 Å². The van der Waals surface area contributed by atoms with E-state index < -0.39 is 25.4 Å². The van der Waals surface area contributed by atoms with Crippen LogP contribution in [0.3, 0.4) is 0 Å². The Bertz CT molecular complexity index is 378. The van der Waals surface area contributed by atoms with Gasteiger partial charge in [-0.15, -0.1) is 0 Å². The predicted octanol–water partition coefficient (Wildman–Crippen LogP) is 5.49. The minimum atomic E-state index is -1.45. The van der Waals surface area contributed by atoms with Gasteiger partial charge in [0, 0.05) is 8.07 Å². The van der Waals surface area contributed by atoms with Crippen molar-refractivity contribution >= 4 is 20.0 Å². The van der Waals surface area contributed by atoms with E-state index in [-0.39, 0.29) is 0 Å². The van der Waals surface area contributed by atoms with Crippen LogP contribution in [-0.2, 0) is 14.3 Å². The summed E-state index contributed by atoms with van der Waals surface area (Å²) in [6, 6.07) is 2.63. The van der Waals surface area contributed by atoms with Crippen molar-refractivity contribution in [1.82, 2.24) is 0 Å². The van der Waals surface area contributed by atoms with E-state index in [1.165, 1.54) is 64.5 Å². The molecule has 0 saturated heterocycles. The number of carbonyl (C=O) groups excluding carboxylic acids is 1. The van der Waals surface area contributed by atoms with Crippen molar-refractivity contribution in [3.8, 4) is 0 Å². The Balaban J connectivity index is 3.78. The molecular formula is C19H38O4Si. The smallest absolute Gasteiger partial charge is 0.322 e. The van der Waals surface area contributed by atoms with Gasteiger partial charge in [0.2, 0.25) is 0 Å². The van der Waals surface area contributed by atoms with Gasteiger partial charge < -0.3 is 9.84 Å². The highest BCUT2D eigenvalue weighted by Crippen LogP contribution is 2.23. The molecule has 0 amide bonds. The summed E-state index contributed by atoms with van der Waals surface area (Å²) < 4.78 is 5.11. The second kappa shape index (κ2) is 11.7. The van der Waals surface area contributed by atoms with E-state index in [1.54, 1.807) is 0 Å². The van der Waals surface area contributed by atoms with Gasteiger partial charge >= 0.3 is 11.9 Å². The molecule has 4 nitrogen and oxygen atoms in total. The third-order valence-corrected chi connectivity index (χ3v) is 8.15. The molecule has 0 unspecified atom stereocenters. The van der Waals surface area contributed by atoms with E-state index in [2.05, 4.69) is 20.0 Å². The van der Waals surface area contributed by atoms with E-state index in [0.29, 0.717) is 6.61 Å². The van der Waals surface area contributed by atoms with Gasteiger partial charge in [-0.3, -0.25) is 9.59 Å². The van der Waals surface area contributed by atoms with Gasteiger partial charge in [-0.2, -0.15) is 0 Å². The van der Waals surface area contributed by atoms with Gasteiger partial charge in [0.25, 0.3) is 0 Å². The minimum Gasteiger partial charge on any atom is -0.480 e. The molecule has 0 bridgehead atoms. The van der Waals surface area contributed by atoms with Crippen molar-refractivity contribution in [2.75, 3.05) is 6.61 Å². The Hall–Kier alpha value is -0.843. The molecule has 0 aromatic carbocycles. The Morgan fingerprint density at radius 2 is 1.42 bits per heavy atom. The summed E-state index contributed by atoms with van der Waals surface area (Å²) in [5.74, 6) is -1.78. The third-order valence-electron chi connectivity index (χ3n) is 4.73. The monoisotopic (exact) mass is 358 g/mol. The summed E-state index contributed by atoms with van der Waals surface area (Å²) in [6.07, 6.45) is 10.0. The molecule has 0 radical (unpaired) electrons. The Morgan fingerprint density at radius 1 is 0.917 bits per heavy atom. The van der Waals surface area contributed by atoms with Crippen molar-refractivity contribution in [1.29, 1.82) is 0 Å². The molecule has 24 heavy (non-hydrogen) atoms. The lowest BCUT2D eigenvalue weighted by Gasteiger charge is -2.22. The number of carboxylic acids is 1. The maximum Gasteiger partial charge on any atom is 0.322 e. The highest BCUT2D eigenvalue weighted by Gasteiger charge is 2.37. The summed E-state index contributed by atoms with van der Waals surface area (Å²) in [5, 5.41) is 8.98. The number of aliphatic carboxylic acids is 1. The second-order valence-corrected chi connectivity index (χ2v) is 13.5. The van der Waals surface area contributed by atoms with Crippen LogP contribution < -0.4 is 0 Å². The normalized spacial score (nSPS) is 12.2. The molecule has 0 fully saturated rings. The molecule has 0 aromatic rings. The summed E-state index contributed by atoms with van der Waals surface area (Å²) in [7, 11) is -1.14. The first kappa shape index (κ1) is 23.2. The molecule has 0 aliphatic heterocycles. The van der Waals surface area contributed by atoms with Crippen LogP contribution in [0.1, 0.15) is 72.1 Å². The van der Waals surface area contributed by atoms with Crippen LogP contribution in [0.2, 0.25) is 25.2 Å². The van der Waals surface area contributed by atoms with Crippen LogP contribution in [0.25, 0.3) is 0 Å². The standard InChI is InChI=1S/C19H38O4Si/c1-6-7-8-9-10-12-15-24(4,5)16-13-11-14-23-18(22)19(2,3)17(20)21/h6-16H2,1-5H3,(H,20,21). The zero-order chi connectivity index (χ0) is 18.6. The van der Waals surface area contributed by atoms with Gasteiger partial charge in [-0.1, -0.05) is 77.1 Å². The Kier molecular flexibility index (Phi) is 11.3. The molecule has 142 valence electrons. The maximum atomic E-state index is 11.7. The number of esters is 1. The largest absolute Gasteiger partial charge is 0.480 e. The Morgan fingerprint density at radius 3 is 1.96 bits per heavy atom. The number of carboxylic acid groups (broad SMARTS) is 1. The van der Waals surface area contributed by atoms with Crippen LogP contribution in [0.15, 0.2) is 0 Å². The van der Waals surface area contributed by atoms with Crippen molar-refractivity contribution in [3.63, 3.8) is 0 Å². The maximum absolute atomic E-state index is 11.7. The highest BCUT2D eigenvalue weighted by atomic mass is 28.3. The van der Waals surface area contributed by atoms with Crippen LogP contribution in [0.5, 0.6) is 0 Å². The fourth-order valence-corrected chi connectivity index (χ4v) is 5.31. The predicted molar refractivity (Wildman–Crippen MR) is 102 cm³/mol. The second-order valence-electron chi connectivity index (χ2n) is 8.21. The number of hydrogen-bond donors (Lipinski definition) is 1. The summed E-state index contributed by atoms with van der Waals surface area (Å²) in [4.78, 5) is 22.7. The molecule has 0 spiro atoms. The Labute approximate surface area is 149 Å². The first-order chi connectivity index (χ1) is 11.1. The van der Waals surface area contributed by atoms with E-state index in [9.17, 15) is 9.59 Å². The molecule has 0 aliphatic carbocycles. The number of ether oxygens (including phenoxy) is 1. The average molecular weight is 359 g/mol. The fraction of sp³-hybridized carbons (Fsp3) is 0.895. The van der Waals surface area contributed by atoms with Crippen LogP contribution in [0, 0.1) is 5.41 Å². The lowest BCUT2D eigenvalue weighted by Crippen LogP contribution is -2.35. The molecule has 5 heteroatoms. The number of rotatable bonds is 14. The topological polar surface area (TPSA) is 63.6 Å². The minimum absolute atomic E-state index is 0.330. The van der Waals surface area contributed by atoms with Gasteiger partial charge in [0.15, 0.2) is 5.41 Å². The van der Waals surface area contributed by atoms with E-state index in [0.717, 1.165) is 12.8 Å². The molecular weight excluding hydrogens is 320 g/mol. The zero-order valence-corrected chi connectivity index (χ0v) is 17.5. The zero-order valence-electron chi connectivity index (χ0n) is 16.5. The molecule has 1 N–H and O–H groups in total. The summed E-state index contributed by atoms with van der Waals surface area (Å²) in [5.41, 5.74) is -1.45. The van der Waals surface area contributed by atoms with Crippen molar-refractivity contribution in [2.24, 2.45) is 5.41 Å². The van der Waals surface area contributed by atoms with Gasteiger partial charge in [0.1, 0.15) is 0 Å². The SMILES string of the molecule is CCCCCCCC[Si](C)(C)CCCCOC(=O)C(C)(C)C(=O)O. The van der Waals surface area contributed by atoms with Crippen LogP contribution in [-0.4, -0.2) is 31.7 Å². The van der Waals surface area contributed by atoms with Gasteiger partial charge in [-0.05, 0) is 20.3 Å². The number of unbranched alkanes of at least 4 members (excludes halogenated alkanes) is 6. The lowest BCUT2D eigenvalue weighted by molar-refractivity contribution is -0.166. The average Bonchev–Trinajstić information content (AvgIpc) is 2.49. The van der Waals surface area contributed by atoms with Gasteiger partial charge in [0.05, 0.1) is 6.61 Å². The van der Waals surface area contributed by atoms with Crippen molar-refractivity contribution in [2.45, 2.75) is 97.3 Å². The molecule has 0 rings (SSSR count). The number of carbonyl (C=O) groups is 2. The molecule has 0 saturated carbocycles. The molecule has 0 atom stereocenters. The van der Waals surface area contributed by atoms with Crippen LogP contribution in [0.4, 0.5) is 0 Å². The quantitative estimate of drug-likeness (QED) is 0.193. The van der Waals surface area contributed by atoms with E-state index in [4.69, 9.17) is 9.84 Å². The van der Waals surface area contributed by atoms with E-state index >= 15 is 0 Å². The first-order valence-corrected chi connectivity index (χ1v) is 13.0. The number of hydrogen-bond acceptors (Lipinski definition) is 3. The lowest BCUT2D eigenvalue weighted by atomic mass is 9.94. The summed E-state index contributed by atoms with van der Waals surface area (Å²) in [6.45, 7) is 10.2.